The molecule has 102 valence electrons. The summed E-state index contributed by atoms with van der Waals surface area (Å²) in [5.74, 6) is 0.434. The van der Waals surface area contributed by atoms with Crippen LogP contribution in [0.3, 0.4) is 0 Å². The van der Waals surface area contributed by atoms with Crippen molar-refractivity contribution in [3.05, 3.63) is 30.3 Å². The topological polar surface area (TPSA) is 63.4 Å². The van der Waals surface area contributed by atoms with Gasteiger partial charge in [-0.2, -0.15) is 4.31 Å². The molecule has 0 spiro atoms. The standard InChI is InChI=1S/C12H18N2O2S.ClH/c1-14(12(9-13)10-7-8-10)17(15,16)11-5-3-2-4-6-11;/h2-6,10,12H,7-9,13H2,1H3;1H. The maximum atomic E-state index is 12.3. The van der Waals surface area contributed by atoms with Crippen molar-refractivity contribution >= 4 is 22.4 Å². The van der Waals surface area contributed by atoms with Crippen molar-refractivity contribution in [2.45, 2.75) is 23.8 Å². The predicted molar refractivity (Wildman–Crippen MR) is 74.2 cm³/mol. The average Bonchev–Trinajstić information content (AvgIpc) is 3.15. The fraction of sp³-hybridized carbons (Fsp3) is 0.500. The Kier molecular flexibility index (Phi) is 5.16. The largest absolute Gasteiger partial charge is 0.329 e. The molecule has 1 aliphatic carbocycles. The highest BCUT2D eigenvalue weighted by molar-refractivity contribution is 7.89. The van der Waals surface area contributed by atoms with Gasteiger partial charge in [0, 0.05) is 19.6 Å². The Labute approximate surface area is 115 Å². The van der Waals surface area contributed by atoms with Crippen molar-refractivity contribution in [3.63, 3.8) is 0 Å². The molecule has 1 aliphatic rings. The molecular formula is C12H19ClN2O2S. The summed E-state index contributed by atoms with van der Waals surface area (Å²) in [7, 11) is -1.78. The summed E-state index contributed by atoms with van der Waals surface area (Å²) in [6.45, 7) is 0.382. The number of likely N-dealkylation sites (N-methyl/N-ethyl adjacent to an activating group) is 1. The smallest absolute Gasteiger partial charge is 0.243 e. The van der Waals surface area contributed by atoms with Crippen LogP contribution in [0, 0.1) is 5.92 Å². The first-order chi connectivity index (χ1) is 8.07. The van der Waals surface area contributed by atoms with E-state index in [9.17, 15) is 8.42 Å². The van der Waals surface area contributed by atoms with Crippen LogP contribution < -0.4 is 5.73 Å². The molecule has 0 aliphatic heterocycles. The highest BCUT2D eigenvalue weighted by atomic mass is 35.5. The summed E-state index contributed by atoms with van der Waals surface area (Å²) in [5.41, 5.74) is 5.68. The molecule has 0 aromatic heterocycles. The predicted octanol–water partition coefficient (Wildman–Crippen LogP) is 1.47. The Bertz CT molecular complexity index is 474. The summed E-state index contributed by atoms with van der Waals surface area (Å²) >= 11 is 0. The van der Waals surface area contributed by atoms with Gasteiger partial charge in [-0.15, -0.1) is 12.4 Å². The van der Waals surface area contributed by atoms with E-state index in [0.29, 0.717) is 17.4 Å². The summed E-state index contributed by atoms with van der Waals surface area (Å²) in [6, 6.07) is 8.43. The molecule has 2 rings (SSSR count). The van der Waals surface area contributed by atoms with Gasteiger partial charge in [-0.05, 0) is 30.9 Å². The second-order valence-electron chi connectivity index (χ2n) is 4.47. The van der Waals surface area contributed by atoms with Crippen LogP contribution in [0.4, 0.5) is 0 Å². The number of hydrogen-bond donors (Lipinski definition) is 1. The first-order valence-corrected chi connectivity index (χ1v) is 7.24. The van der Waals surface area contributed by atoms with E-state index in [2.05, 4.69) is 0 Å². The Morgan fingerprint density at radius 2 is 1.89 bits per heavy atom. The first-order valence-electron chi connectivity index (χ1n) is 5.80. The molecule has 1 aromatic carbocycles. The summed E-state index contributed by atoms with van der Waals surface area (Å²) in [5, 5.41) is 0. The van der Waals surface area contributed by atoms with E-state index in [0.717, 1.165) is 12.8 Å². The monoisotopic (exact) mass is 290 g/mol. The molecule has 4 nitrogen and oxygen atoms in total. The van der Waals surface area contributed by atoms with Gasteiger partial charge in [0.25, 0.3) is 0 Å². The van der Waals surface area contributed by atoms with E-state index in [1.807, 2.05) is 0 Å². The molecule has 0 bridgehead atoms. The van der Waals surface area contributed by atoms with Crippen molar-refractivity contribution in [1.82, 2.24) is 4.31 Å². The fourth-order valence-electron chi connectivity index (χ4n) is 2.06. The van der Waals surface area contributed by atoms with Gasteiger partial charge >= 0.3 is 0 Å². The van der Waals surface area contributed by atoms with Crippen LogP contribution in [0.25, 0.3) is 0 Å². The van der Waals surface area contributed by atoms with Gasteiger partial charge in [-0.25, -0.2) is 8.42 Å². The minimum absolute atomic E-state index is 0. The molecule has 1 aromatic rings. The SMILES string of the molecule is CN(C(CN)C1CC1)S(=O)(=O)c1ccccc1.Cl. The van der Waals surface area contributed by atoms with E-state index < -0.39 is 10.0 Å². The van der Waals surface area contributed by atoms with Crippen LogP contribution in [0.5, 0.6) is 0 Å². The lowest BCUT2D eigenvalue weighted by molar-refractivity contribution is 0.340. The molecular weight excluding hydrogens is 272 g/mol. The van der Waals surface area contributed by atoms with Crippen molar-refractivity contribution in [2.24, 2.45) is 11.7 Å². The quantitative estimate of drug-likeness (QED) is 0.893. The third-order valence-corrected chi connectivity index (χ3v) is 5.19. The molecule has 0 heterocycles. The summed E-state index contributed by atoms with van der Waals surface area (Å²) < 4.78 is 26.1. The van der Waals surface area contributed by atoms with Crippen molar-refractivity contribution in [1.29, 1.82) is 0 Å². The van der Waals surface area contributed by atoms with Crippen LogP contribution in [-0.4, -0.2) is 32.4 Å². The average molecular weight is 291 g/mol. The highest BCUT2D eigenvalue weighted by Gasteiger charge is 2.37. The molecule has 0 amide bonds. The second-order valence-corrected chi connectivity index (χ2v) is 6.47. The van der Waals surface area contributed by atoms with Gasteiger partial charge < -0.3 is 5.73 Å². The van der Waals surface area contributed by atoms with Crippen LogP contribution >= 0.6 is 12.4 Å². The number of sulfonamides is 1. The van der Waals surface area contributed by atoms with E-state index in [-0.39, 0.29) is 18.4 Å². The molecule has 18 heavy (non-hydrogen) atoms. The number of hydrogen-bond acceptors (Lipinski definition) is 3. The van der Waals surface area contributed by atoms with E-state index >= 15 is 0 Å². The zero-order chi connectivity index (χ0) is 12.5. The van der Waals surface area contributed by atoms with E-state index in [1.54, 1.807) is 37.4 Å². The summed E-state index contributed by atoms with van der Waals surface area (Å²) in [4.78, 5) is 0.335. The molecule has 2 N–H and O–H groups in total. The maximum Gasteiger partial charge on any atom is 0.243 e. The molecule has 0 radical (unpaired) electrons. The lowest BCUT2D eigenvalue weighted by Gasteiger charge is -2.26. The third-order valence-electron chi connectivity index (χ3n) is 3.29. The highest BCUT2D eigenvalue weighted by Crippen LogP contribution is 2.36. The normalized spacial score (nSPS) is 17.3. The zero-order valence-electron chi connectivity index (χ0n) is 10.3. The number of halogens is 1. The van der Waals surface area contributed by atoms with Gasteiger partial charge in [-0.3, -0.25) is 0 Å². The van der Waals surface area contributed by atoms with Crippen molar-refractivity contribution in [2.75, 3.05) is 13.6 Å². The van der Waals surface area contributed by atoms with Gasteiger partial charge in [0.15, 0.2) is 0 Å². The lowest BCUT2D eigenvalue weighted by Crippen LogP contribution is -2.43. The molecule has 1 atom stereocenters. The van der Waals surface area contributed by atoms with Crippen LogP contribution in [0.1, 0.15) is 12.8 Å². The molecule has 0 saturated heterocycles. The van der Waals surface area contributed by atoms with Gasteiger partial charge in [0.1, 0.15) is 0 Å². The summed E-state index contributed by atoms with van der Waals surface area (Å²) in [6.07, 6.45) is 2.16. The van der Waals surface area contributed by atoms with Crippen molar-refractivity contribution < 1.29 is 8.42 Å². The maximum absolute atomic E-state index is 12.3. The lowest BCUT2D eigenvalue weighted by atomic mass is 10.2. The first kappa shape index (κ1) is 15.4. The van der Waals surface area contributed by atoms with Gasteiger partial charge in [-0.1, -0.05) is 18.2 Å². The molecule has 6 heteroatoms. The molecule has 1 fully saturated rings. The number of rotatable bonds is 5. The Morgan fingerprint density at radius 1 is 1.33 bits per heavy atom. The number of nitrogens with two attached hydrogens (primary N) is 1. The minimum Gasteiger partial charge on any atom is -0.329 e. The van der Waals surface area contributed by atoms with Crippen LogP contribution in [0.15, 0.2) is 35.2 Å². The van der Waals surface area contributed by atoms with Gasteiger partial charge in [0.05, 0.1) is 4.90 Å². The Balaban J connectivity index is 0.00000162. The third kappa shape index (κ3) is 3.03. The van der Waals surface area contributed by atoms with Crippen LogP contribution in [-0.2, 0) is 10.0 Å². The number of benzene rings is 1. The molecule has 1 saturated carbocycles. The Hall–Kier alpha value is -0.620. The second kappa shape index (κ2) is 6.02. The van der Waals surface area contributed by atoms with Crippen LogP contribution in [0.2, 0.25) is 0 Å². The zero-order valence-corrected chi connectivity index (χ0v) is 12.0. The molecule has 1 unspecified atom stereocenters. The van der Waals surface area contributed by atoms with E-state index in [4.69, 9.17) is 5.73 Å². The van der Waals surface area contributed by atoms with E-state index in [1.165, 1.54) is 4.31 Å². The number of nitrogens with zero attached hydrogens (tertiary/aromatic N) is 1. The van der Waals surface area contributed by atoms with Crippen molar-refractivity contribution in [3.8, 4) is 0 Å². The minimum atomic E-state index is -3.40. The Morgan fingerprint density at radius 3 is 2.33 bits per heavy atom. The fourth-order valence-corrected chi connectivity index (χ4v) is 3.50. The van der Waals surface area contributed by atoms with Gasteiger partial charge in [0.2, 0.25) is 10.0 Å².